The lowest BCUT2D eigenvalue weighted by molar-refractivity contribution is 0.101. The van der Waals surface area contributed by atoms with Crippen LogP contribution >= 0.6 is 0 Å². The molecule has 6 nitrogen and oxygen atoms in total. The van der Waals surface area contributed by atoms with Crippen molar-refractivity contribution in [2.24, 2.45) is 0 Å². The molecule has 0 heterocycles. The Labute approximate surface area is 181 Å². The van der Waals surface area contributed by atoms with Crippen molar-refractivity contribution in [2.75, 3.05) is 10.0 Å². The molecule has 0 aliphatic heterocycles. The van der Waals surface area contributed by atoms with Gasteiger partial charge in [0.05, 0.1) is 4.90 Å². The standard InChI is InChI=1S/C24H22N2O4S/c1-17-6-8-19(9-7-17)24(28)14-15-25-21-10-12-23(13-11-21)31(29,30)26-22-5-3-4-20(16-22)18(2)27/h3-16,25-26H,1-2H3. The van der Waals surface area contributed by atoms with E-state index in [1.54, 1.807) is 42.5 Å². The van der Waals surface area contributed by atoms with Crippen LogP contribution in [0.25, 0.3) is 0 Å². The number of carbonyl (C=O) groups excluding carboxylic acids is 2. The van der Waals surface area contributed by atoms with Crippen molar-refractivity contribution >= 4 is 33.0 Å². The first kappa shape index (κ1) is 22.0. The minimum Gasteiger partial charge on any atom is -0.362 e. The van der Waals surface area contributed by atoms with E-state index in [1.807, 2.05) is 19.1 Å². The van der Waals surface area contributed by atoms with Gasteiger partial charge in [-0.2, -0.15) is 0 Å². The number of sulfonamides is 1. The molecule has 158 valence electrons. The predicted molar refractivity (Wildman–Crippen MR) is 122 cm³/mol. The molecule has 0 fully saturated rings. The van der Waals surface area contributed by atoms with Crippen LogP contribution in [0.3, 0.4) is 0 Å². The molecule has 3 rings (SSSR count). The van der Waals surface area contributed by atoms with Gasteiger partial charge in [-0.15, -0.1) is 0 Å². The second-order valence-corrected chi connectivity index (χ2v) is 8.66. The Morgan fingerprint density at radius 2 is 1.52 bits per heavy atom. The summed E-state index contributed by atoms with van der Waals surface area (Å²) < 4.78 is 27.7. The SMILES string of the molecule is CC(=O)c1cccc(NS(=O)(=O)c2ccc(NC=CC(=O)c3ccc(C)cc3)cc2)c1. The van der Waals surface area contributed by atoms with E-state index in [1.165, 1.54) is 37.4 Å². The van der Waals surface area contributed by atoms with Gasteiger partial charge in [0.15, 0.2) is 11.6 Å². The molecule has 0 radical (unpaired) electrons. The fraction of sp³-hybridized carbons (Fsp3) is 0.0833. The number of anilines is 2. The van der Waals surface area contributed by atoms with Crippen molar-refractivity contribution in [1.29, 1.82) is 0 Å². The first-order chi connectivity index (χ1) is 14.7. The van der Waals surface area contributed by atoms with Gasteiger partial charge in [-0.05, 0) is 50.2 Å². The van der Waals surface area contributed by atoms with Crippen molar-refractivity contribution < 1.29 is 18.0 Å². The molecule has 0 aromatic heterocycles. The number of rotatable bonds is 8. The first-order valence-electron chi connectivity index (χ1n) is 9.52. The largest absolute Gasteiger partial charge is 0.362 e. The van der Waals surface area contributed by atoms with Crippen LogP contribution in [-0.4, -0.2) is 20.0 Å². The van der Waals surface area contributed by atoms with Crippen LogP contribution in [0, 0.1) is 6.92 Å². The molecule has 0 saturated carbocycles. The Morgan fingerprint density at radius 1 is 0.839 bits per heavy atom. The maximum absolute atomic E-state index is 12.6. The zero-order valence-electron chi connectivity index (χ0n) is 17.1. The van der Waals surface area contributed by atoms with Gasteiger partial charge in [0, 0.05) is 34.8 Å². The molecule has 31 heavy (non-hydrogen) atoms. The van der Waals surface area contributed by atoms with E-state index in [2.05, 4.69) is 10.0 Å². The molecule has 0 amide bonds. The zero-order chi connectivity index (χ0) is 22.4. The van der Waals surface area contributed by atoms with Gasteiger partial charge >= 0.3 is 0 Å². The Morgan fingerprint density at radius 3 is 2.16 bits per heavy atom. The third kappa shape index (κ3) is 5.90. The minimum absolute atomic E-state index is 0.0750. The molecular weight excluding hydrogens is 412 g/mol. The van der Waals surface area contributed by atoms with Gasteiger partial charge in [0.2, 0.25) is 0 Å². The van der Waals surface area contributed by atoms with E-state index in [-0.39, 0.29) is 16.5 Å². The van der Waals surface area contributed by atoms with Crippen molar-refractivity contribution in [3.8, 4) is 0 Å². The zero-order valence-corrected chi connectivity index (χ0v) is 17.9. The van der Waals surface area contributed by atoms with Gasteiger partial charge < -0.3 is 5.32 Å². The number of hydrogen-bond donors (Lipinski definition) is 2. The highest BCUT2D eigenvalue weighted by Crippen LogP contribution is 2.19. The predicted octanol–water partition coefficient (Wildman–Crippen LogP) is 4.81. The number of hydrogen-bond acceptors (Lipinski definition) is 5. The van der Waals surface area contributed by atoms with Crippen LogP contribution in [0.5, 0.6) is 0 Å². The maximum Gasteiger partial charge on any atom is 0.261 e. The molecular formula is C24H22N2O4S. The summed E-state index contributed by atoms with van der Waals surface area (Å²) in [4.78, 5) is 23.7. The molecule has 0 unspecified atom stereocenters. The van der Waals surface area contributed by atoms with E-state index < -0.39 is 10.0 Å². The lowest BCUT2D eigenvalue weighted by Crippen LogP contribution is -2.13. The lowest BCUT2D eigenvalue weighted by atomic mass is 10.1. The summed E-state index contributed by atoms with van der Waals surface area (Å²) >= 11 is 0. The van der Waals surface area contributed by atoms with E-state index in [4.69, 9.17) is 0 Å². The van der Waals surface area contributed by atoms with Crippen molar-refractivity contribution in [3.63, 3.8) is 0 Å². The molecule has 0 aliphatic rings. The van der Waals surface area contributed by atoms with Gasteiger partial charge in [-0.25, -0.2) is 8.42 Å². The molecule has 0 aliphatic carbocycles. The first-order valence-corrected chi connectivity index (χ1v) is 11.0. The van der Waals surface area contributed by atoms with Gasteiger partial charge in [-0.1, -0.05) is 42.0 Å². The third-order valence-electron chi connectivity index (χ3n) is 4.51. The normalized spacial score (nSPS) is 11.3. The quantitative estimate of drug-likeness (QED) is 0.392. The second-order valence-electron chi connectivity index (χ2n) is 6.97. The maximum atomic E-state index is 12.6. The molecule has 2 N–H and O–H groups in total. The van der Waals surface area contributed by atoms with Crippen LogP contribution in [0.1, 0.15) is 33.2 Å². The molecule has 3 aromatic carbocycles. The minimum atomic E-state index is -3.81. The highest BCUT2D eigenvalue weighted by atomic mass is 32.2. The number of aryl methyl sites for hydroxylation is 1. The van der Waals surface area contributed by atoms with Crippen LogP contribution < -0.4 is 10.0 Å². The van der Waals surface area contributed by atoms with Crippen LogP contribution in [0.4, 0.5) is 11.4 Å². The Balaban J connectivity index is 1.65. The number of allylic oxidation sites excluding steroid dienone is 1. The second kappa shape index (κ2) is 9.40. The van der Waals surface area contributed by atoms with Gasteiger partial charge in [-0.3, -0.25) is 14.3 Å². The fourth-order valence-corrected chi connectivity index (χ4v) is 3.82. The summed E-state index contributed by atoms with van der Waals surface area (Å²) in [6.07, 6.45) is 2.93. The summed E-state index contributed by atoms with van der Waals surface area (Å²) in [7, 11) is -3.81. The average Bonchev–Trinajstić information content (AvgIpc) is 2.74. The van der Waals surface area contributed by atoms with E-state index in [0.29, 0.717) is 22.5 Å². The molecule has 0 spiro atoms. The number of carbonyl (C=O) groups is 2. The average molecular weight is 435 g/mol. The Kier molecular flexibility index (Phi) is 6.67. The number of ketones is 2. The number of nitrogens with one attached hydrogen (secondary N) is 2. The Hall–Kier alpha value is -3.71. The summed E-state index contributed by atoms with van der Waals surface area (Å²) in [6, 6.07) is 19.7. The van der Waals surface area contributed by atoms with Crippen molar-refractivity contribution in [1.82, 2.24) is 0 Å². The molecule has 7 heteroatoms. The van der Waals surface area contributed by atoms with Crippen LogP contribution in [0.15, 0.2) is 90.0 Å². The topological polar surface area (TPSA) is 92.3 Å². The number of Topliss-reactive ketones (excluding diaryl/α,β-unsaturated/α-hetero) is 1. The summed E-state index contributed by atoms with van der Waals surface area (Å²) in [5.41, 5.74) is 3.03. The van der Waals surface area contributed by atoms with Crippen molar-refractivity contribution in [2.45, 2.75) is 18.7 Å². The molecule has 3 aromatic rings. The van der Waals surface area contributed by atoms with Gasteiger partial charge in [0.1, 0.15) is 0 Å². The summed E-state index contributed by atoms with van der Waals surface area (Å²) in [5.74, 6) is -0.283. The van der Waals surface area contributed by atoms with Gasteiger partial charge in [0.25, 0.3) is 10.0 Å². The monoisotopic (exact) mass is 434 g/mol. The highest BCUT2D eigenvalue weighted by Gasteiger charge is 2.14. The van der Waals surface area contributed by atoms with E-state index in [9.17, 15) is 18.0 Å². The summed E-state index contributed by atoms with van der Waals surface area (Å²) in [6.45, 7) is 3.37. The van der Waals surface area contributed by atoms with Crippen LogP contribution in [0.2, 0.25) is 0 Å². The Bertz CT molecular complexity index is 1230. The van der Waals surface area contributed by atoms with E-state index >= 15 is 0 Å². The fourth-order valence-electron chi connectivity index (χ4n) is 2.77. The third-order valence-corrected chi connectivity index (χ3v) is 5.90. The molecule has 0 bridgehead atoms. The van der Waals surface area contributed by atoms with E-state index in [0.717, 1.165) is 5.56 Å². The van der Waals surface area contributed by atoms with Crippen molar-refractivity contribution in [3.05, 3.63) is 102 Å². The highest BCUT2D eigenvalue weighted by molar-refractivity contribution is 7.92. The smallest absolute Gasteiger partial charge is 0.261 e. The number of benzene rings is 3. The lowest BCUT2D eigenvalue weighted by Gasteiger charge is -2.09. The molecule has 0 atom stereocenters. The summed E-state index contributed by atoms with van der Waals surface area (Å²) in [5, 5.41) is 2.95. The molecule has 0 saturated heterocycles. The van der Waals surface area contributed by atoms with Crippen LogP contribution in [-0.2, 0) is 10.0 Å².